The molecule has 0 saturated carbocycles. The largest absolute Gasteiger partial charge is 0.493 e. The monoisotopic (exact) mass is 335 g/mol. The lowest BCUT2D eigenvalue weighted by molar-refractivity contribution is -0.116. The summed E-state index contributed by atoms with van der Waals surface area (Å²) in [6.45, 7) is -0.0792. The molecule has 0 aliphatic rings. The molecule has 2 rings (SSSR count). The van der Waals surface area contributed by atoms with Gasteiger partial charge in [-0.15, -0.1) is 5.10 Å². The molecule has 0 saturated heterocycles. The number of benzene rings is 1. The van der Waals surface area contributed by atoms with E-state index in [1.165, 1.54) is 32.2 Å². The molecular weight excluding hydrogens is 318 g/mol. The van der Waals surface area contributed by atoms with Crippen molar-refractivity contribution in [3.05, 3.63) is 24.4 Å². The third-order valence-corrected chi connectivity index (χ3v) is 2.93. The molecule has 0 radical (unpaired) electrons. The molecule has 128 valence electrons. The number of ether oxygens (including phenoxy) is 3. The molecule has 0 aliphatic heterocycles. The molecule has 2 N–H and O–H groups in total. The van der Waals surface area contributed by atoms with Crippen molar-refractivity contribution in [1.29, 1.82) is 0 Å². The van der Waals surface area contributed by atoms with E-state index in [0.717, 1.165) is 0 Å². The first-order valence-corrected chi connectivity index (χ1v) is 6.82. The van der Waals surface area contributed by atoms with Gasteiger partial charge in [0.05, 0.1) is 27.5 Å². The first-order chi connectivity index (χ1) is 11.5. The van der Waals surface area contributed by atoms with Crippen LogP contribution in [-0.4, -0.2) is 48.3 Å². The first kappa shape index (κ1) is 17.1. The average Bonchev–Trinajstić information content (AvgIpc) is 3.01. The van der Waals surface area contributed by atoms with Crippen molar-refractivity contribution in [3.8, 4) is 11.5 Å². The van der Waals surface area contributed by atoms with E-state index < -0.39 is 6.09 Å². The topological polar surface area (TPSA) is 117 Å². The summed E-state index contributed by atoms with van der Waals surface area (Å²) >= 11 is 0. The maximum absolute atomic E-state index is 12.0. The van der Waals surface area contributed by atoms with Gasteiger partial charge < -0.3 is 19.5 Å². The minimum absolute atomic E-state index is 0.0792. The second-order valence-corrected chi connectivity index (χ2v) is 4.54. The maximum atomic E-state index is 12.0. The molecular formula is C14H17N5O5. The lowest BCUT2D eigenvalue weighted by atomic mass is 10.2. The summed E-state index contributed by atoms with van der Waals surface area (Å²) in [4.78, 5) is 23.1. The number of carbonyl (C=O) groups is 2. The van der Waals surface area contributed by atoms with Gasteiger partial charge in [0.25, 0.3) is 0 Å². The van der Waals surface area contributed by atoms with E-state index in [-0.39, 0.29) is 18.3 Å². The number of anilines is 2. The van der Waals surface area contributed by atoms with Crippen LogP contribution in [0.4, 0.5) is 16.3 Å². The lowest BCUT2D eigenvalue weighted by Gasteiger charge is -2.10. The number of hydrogen-bond acceptors (Lipinski definition) is 7. The fourth-order valence-corrected chi connectivity index (χ4v) is 1.85. The molecule has 1 aromatic carbocycles. The van der Waals surface area contributed by atoms with Gasteiger partial charge in [-0.05, 0) is 12.1 Å². The predicted molar refractivity (Wildman–Crippen MR) is 84.2 cm³/mol. The smallest absolute Gasteiger partial charge is 0.412 e. The third-order valence-electron chi connectivity index (χ3n) is 2.93. The molecule has 1 aromatic heterocycles. The number of amides is 2. The van der Waals surface area contributed by atoms with Crippen molar-refractivity contribution in [3.63, 3.8) is 0 Å². The van der Waals surface area contributed by atoms with Crippen molar-refractivity contribution in [2.24, 2.45) is 0 Å². The molecule has 0 fully saturated rings. The normalized spacial score (nSPS) is 9.96. The van der Waals surface area contributed by atoms with Gasteiger partial charge in [-0.1, -0.05) is 5.21 Å². The van der Waals surface area contributed by atoms with Gasteiger partial charge in [0.2, 0.25) is 5.91 Å². The number of rotatable bonds is 6. The molecule has 0 atom stereocenters. The Hall–Kier alpha value is -3.30. The van der Waals surface area contributed by atoms with Crippen molar-refractivity contribution >= 4 is 23.5 Å². The van der Waals surface area contributed by atoms with E-state index in [1.807, 2.05) is 0 Å². The highest BCUT2D eigenvalue weighted by Crippen LogP contribution is 2.29. The van der Waals surface area contributed by atoms with Crippen LogP contribution in [0.3, 0.4) is 0 Å². The van der Waals surface area contributed by atoms with Crippen LogP contribution >= 0.6 is 0 Å². The Morgan fingerprint density at radius 2 is 1.88 bits per heavy atom. The highest BCUT2D eigenvalue weighted by Gasteiger charge is 2.10. The fraction of sp³-hybridized carbons (Fsp3) is 0.286. The number of nitrogens with zero attached hydrogens (tertiary/aromatic N) is 3. The summed E-state index contributed by atoms with van der Waals surface area (Å²) in [5.41, 5.74) is 0.547. The van der Waals surface area contributed by atoms with Gasteiger partial charge >= 0.3 is 6.09 Å². The van der Waals surface area contributed by atoms with Crippen LogP contribution in [0.1, 0.15) is 0 Å². The van der Waals surface area contributed by atoms with E-state index in [4.69, 9.17) is 9.47 Å². The first-order valence-electron chi connectivity index (χ1n) is 6.82. The van der Waals surface area contributed by atoms with Gasteiger partial charge in [-0.25, -0.2) is 9.48 Å². The molecule has 0 spiro atoms. The van der Waals surface area contributed by atoms with Crippen LogP contribution < -0.4 is 20.1 Å². The van der Waals surface area contributed by atoms with Crippen LogP contribution in [0.15, 0.2) is 24.4 Å². The van der Waals surface area contributed by atoms with E-state index in [2.05, 4.69) is 25.7 Å². The van der Waals surface area contributed by atoms with Crippen molar-refractivity contribution in [1.82, 2.24) is 15.0 Å². The minimum Gasteiger partial charge on any atom is -0.493 e. The van der Waals surface area contributed by atoms with Gasteiger partial charge in [0, 0.05) is 11.8 Å². The highest BCUT2D eigenvalue weighted by molar-refractivity contribution is 5.91. The lowest BCUT2D eigenvalue weighted by Crippen LogP contribution is -2.19. The van der Waals surface area contributed by atoms with Crippen LogP contribution in [0.25, 0.3) is 0 Å². The van der Waals surface area contributed by atoms with Gasteiger partial charge in [0.15, 0.2) is 17.3 Å². The molecule has 2 amide bonds. The highest BCUT2D eigenvalue weighted by atomic mass is 16.5. The second-order valence-electron chi connectivity index (χ2n) is 4.54. The zero-order valence-electron chi connectivity index (χ0n) is 13.4. The Morgan fingerprint density at radius 3 is 2.54 bits per heavy atom. The van der Waals surface area contributed by atoms with Crippen LogP contribution in [0.2, 0.25) is 0 Å². The average molecular weight is 335 g/mol. The summed E-state index contributed by atoms with van der Waals surface area (Å²) in [6, 6.07) is 5.01. The van der Waals surface area contributed by atoms with Crippen molar-refractivity contribution in [2.75, 3.05) is 32.0 Å². The Morgan fingerprint density at radius 1 is 1.12 bits per heavy atom. The standard InChI is InChI=1S/C14H17N5O5/c1-22-10-5-4-9(6-11(10)23-2)15-13(20)8-19-7-12(17-18-19)16-14(21)24-3/h4-7H,8H2,1-3H3,(H,15,20)(H,16,21). The van der Waals surface area contributed by atoms with E-state index in [0.29, 0.717) is 17.2 Å². The number of aromatic nitrogens is 3. The summed E-state index contributed by atoms with van der Waals surface area (Å²) in [5.74, 6) is 0.920. The fourth-order valence-electron chi connectivity index (χ4n) is 1.85. The molecule has 24 heavy (non-hydrogen) atoms. The number of carbonyl (C=O) groups excluding carboxylic acids is 2. The molecule has 0 aliphatic carbocycles. The number of hydrogen-bond donors (Lipinski definition) is 2. The summed E-state index contributed by atoms with van der Waals surface area (Å²) in [5, 5.41) is 12.5. The maximum Gasteiger partial charge on any atom is 0.412 e. The Balaban J connectivity index is 1.97. The van der Waals surface area contributed by atoms with E-state index in [9.17, 15) is 9.59 Å². The molecule has 1 heterocycles. The van der Waals surface area contributed by atoms with Crippen LogP contribution in [-0.2, 0) is 16.1 Å². The van der Waals surface area contributed by atoms with E-state index in [1.54, 1.807) is 18.2 Å². The molecule has 0 unspecified atom stereocenters. The predicted octanol–water partition coefficient (Wildman–Crippen LogP) is 1.11. The molecule has 0 bridgehead atoms. The van der Waals surface area contributed by atoms with Crippen LogP contribution in [0.5, 0.6) is 11.5 Å². The molecule has 2 aromatic rings. The van der Waals surface area contributed by atoms with Gasteiger partial charge in [-0.3, -0.25) is 10.1 Å². The summed E-state index contributed by atoms with van der Waals surface area (Å²) in [7, 11) is 4.27. The zero-order valence-corrected chi connectivity index (χ0v) is 13.4. The SMILES string of the molecule is COC(=O)Nc1cn(CC(=O)Nc2ccc(OC)c(OC)c2)nn1. The van der Waals surface area contributed by atoms with Crippen molar-refractivity contribution < 1.29 is 23.8 Å². The van der Waals surface area contributed by atoms with E-state index >= 15 is 0 Å². The second kappa shape index (κ2) is 7.81. The number of methoxy groups -OCH3 is 3. The molecule has 10 nitrogen and oxygen atoms in total. The Labute approximate surface area is 137 Å². The summed E-state index contributed by atoms with van der Waals surface area (Å²) < 4.78 is 16.0. The zero-order chi connectivity index (χ0) is 17.5. The van der Waals surface area contributed by atoms with Gasteiger partial charge in [-0.2, -0.15) is 0 Å². The molecule has 10 heteroatoms. The van der Waals surface area contributed by atoms with Gasteiger partial charge in [0.1, 0.15) is 6.54 Å². The quantitative estimate of drug-likeness (QED) is 0.812. The Bertz CT molecular complexity index is 730. The minimum atomic E-state index is -0.670. The Kier molecular flexibility index (Phi) is 5.55. The number of nitrogens with one attached hydrogen (secondary N) is 2. The third kappa shape index (κ3) is 4.35. The van der Waals surface area contributed by atoms with Crippen LogP contribution in [0, 0.1) is 0 Å². The summed E-state index contributed by atoms with van der Waals surface area (Å²) in [6.07, 6.45) is 0.738. The van der Waals surface area contributed by atoms with Crippen molar-refractivity contribution in [2.45, 2.75) is 6.54 Å².